The Hall–Kier alpha value is -1.80. The van der Waals surface area contributed by atoms with E-state index in [0.29, 0.717) is 5.92 Å². The molecule has 0 radical (unpaired) electrons. The monoisotopic (exact) mass is 362 g/mol. The topological polar surface area (TPSA) is 74.2 Å². The summed E-state index contributed by atoms with van der Waals surface area (Å²) in [6.07, 6.45) is 2.58. The summed E-state index contributed by atoms with van der Waals surface area (Å²) in [5, 5.41) is 4.41. The number of likely N-dealkylation sites (N-methyl/N-ethyl adjacent to an activating group) is 1. The second-order valence-electron chi connectivity index (χ2n) is 7.07. The zero-order valence-electron chi connectivity index (χ0n) is 15.5. The Morgan fingerprint density at radius 3 is 2.96 bits per heavy atom. The molecule has 2 aromatic heterocycles. The normalized spacial score (nSPS) is 21.9. The summed E-state index contributed by atoms with van der Waals surface area (Å²) < 4.78 is 0. The second-order valence-corrected chi connectivity index (χ2v) is 8.25. The molecule has 136 valence electrons. The van der Waals surface area contributed by atoms with Gasteiger partial charge in [-0.05, 0) is 47.2 Å². The summed E-state index contributed by atoms with van der Waals surface area (Å²) in [5.74, 6) is 1.41. The van der Waals surface area contributed by atoms with Gasteiger partial charge in [0.05, 0.1) is 11.0 Å². The third kappa shape index (κ3) is 3.74. The van der Waals surface area contributed by atoms with Crippen molar-refractivity contribution in [1.82, 2.24) is 24.8 Å². The fourth-order valence-corrected chi connectivity index (χ4v) is 4.04. The lowest BCUT2D eigenvalue weighted by Gasteiger charge is -2.28. The van der Waals surface area contributed by atoms with E-state index in [1.807, 2.05) is 37.7 Å². The van der Waals surface area contributed by atoms with Gasteiger partial charge in [0, 0.05) is 19.1 Å². The molecule has 8 heteroatoms. The van der Waals surface area contributed by atoms with Crippen molar-refractivity contribution >= 4 is 33.4 Å². The summed E-state index contributed by atoms with van der Waals surface area (Å²) in [6.45, 7) is 7.64. The number of anilines is 1. The number of carbonyl (C=O) groups is 1. The Bertz CT molecular complexity index is 761. The molecule has 1 aliphatic heterocycles. The van der Waals surface area contributed by atoms with Gasteiger partial charge in [-0.3, -0.25) is 9.69 Å². The van der Waals surface area contributed by atoms with Gasteiger partial charge in [-0.15, -0.1) is 0 Å². The molecule has 0 spiro atoms. The number of nitrogens with zero attached hydrogens (tertiary/aromatic N) is 5. The average molecular weight is 363 g/mol. The van der Waals surface area contributed by atoms with Gasteiger partial charge in [0.1, 0.15) is 16.7 Å². The molecular weight excluding hydrogens is 336 g/mol. The molecule has 2 aromatic rings. The smallest absolute Gasteiger partial charge is 0.239 e. The van der Waals surface area contributed by atoms with E-state index in [2.05, 4.69) is 27.2 Å². The van der Waals surface area contributed by atoms with E-state index in [1.165, 1.54) is 0 Å². The number of amides is 1. The zero-order chi connectivity index (χ0) is 18.1. The molecule has 0 aliphatic carbocycles. The molecule has 1 fully saturated rings. The maximum atomic E-state index is 12.6. The van der Waals surface area contributed by atoms with Gasteiger partial charge in [0.15, 0.2) is 5.82 Å². The van der Waals surface area contributed by atoms with Crippen LogP contribution in [0.15, 0.2) is 6.33 Å². The number of aryl methyl sites for hydroxylation is 1. The van der Waals surface area contributed by atoms with E-state index in [9.17, 15) is 4.79 Å². The molecule has 3 heterocycles. The lowest BCUT2D eigenvalue weighted by atomic mass is 10.1. The first kappa shape index (κ1) is 18.0. The summed E-state index contributed by atoms with van der Waals surface area (Å²) in [5.41, 5.74) is 0.838. The van der Waals surface area contributed by atoms with Gasteiger partial charge in [0.25, 0.3) is 0 Å². The summed E-state index contributed by atoms with van der Waals surface area (Å²) in [6, 6.07) is 0.183. The Morgan fingerprint density at radius 1 is 1.48 bits per heavy atom. The number of hydrogen-bond acceptors (Lipinski definition) is 7. The molecule has 1 saturated heterocycles. The molecule has 1 N–H and O–H groups in total. The van der Waals surface area contributed by atoms with Crippen LogP contribution in [0.1, 0.15) is 25.3 Å². The van der Waals surface area contributed by atoms with Crippen LogP contribution in [0.3, 0.4) is 0 Å². The van der Waals surface area contributed by atoms with Gasteiger partial charge >= 0.3 is 0 Å². The van der Waals surface area contributed by atoms with Crippen molar-refractivity contribution in [2.24, 2.45) is 5.92 Å². The van der Waals surface area contributed by atoms with Gasteiger partial charge in [-0.25, -0.2) is 15.0 Å². The van der Waals surface area contributed by atoms with Gasteiger partial charge in [-0.2, -0.15) is 0 Å². The third-order valence-electron chi connectivity index (χ3n) is 4.94. The fourth-order valence-electron chi connectivity index (χ4n) is 3.29. The van der Waals surface area contributed by atoms with Crippen LogP contribution in [0.5, 0.6) is 0 Å². The SMILES string of the molecule is Cc1nc2c(NCC3CC(C)N(C(=O)[C@@H](C)N(C)C)C3)ncnc2s1. The lowest BCUT2D eigenvalue weighted by molar-refractivity contribution is -0.136. The fraction of sp³-hybridized carbons (Fsp3) is 0.647. The van der Waals surface area contributed by atoms with E-state index < -0.39 is 0 Å². The molecule has 3 atom stereocenters. The van der Waals surface area contributed by atoms with Crippen LogP contribution < -0.4 is 5.32 Å². The number of thiazole rings is 1. The summed E-state index contributed by atoms with van der Waals surface area (Å²) >= 11 is 1.58. The quantitative estimate of drug-likeness (QED) is 0.877. The highest BCUT2D eigenvalue weighted by molar-refractivity contribution is 7.18. The van der Waals surface area contributed by atoms with Gasteiger partial charge in [0.2, 0.25) is 5.91 Å². The van der Waals surface area contributed by atoms with Crippen molar-refractivity contribution in [1.29, 1.82) is 0 Å². The third-order valence-corrected chi connectivity index (χ3v) is 5.82. The van der Waals surface area contributed by atoms with E-state index >= 15 is 0 Å². The van der Waals surface area contributed by atoms with Crippen molar-refractivity contribution in [3.05, 3.63) is 11.3 Å². The maximum Gasteiger partial charge on any atom is 0.239 e. The Morgan fingerprint density at radius 2 is 2.24 bits per heavy atom. The Kier molecular flexibility index (Phi) is 5.19. The molecule has 1 aliphatic rings. The number of rotatable bonds is 5. The second kappa shape index (κ2) is 7.21. The predicted octanol–water partition coefficient (Wildman–Crippen LogP) is 1.99. The molecule has 3 rings (SSSR count). The predicted molar refractivity (Wildman–Crippen MR) is 101 cm³/mol. The highest BCUT2D eigenvalue weighted by atomic mass is 32.1. The van der Waals surface area contributed by atoms with Crippen LogP contribution in [-0.4, -0.2) is 69.9 Å². The standard InChI is InChI=1S/C17H26N6OS/c1-10-6-13(8-23(10)17(24)11(2)22(4)5)7-18-15-14-16(20-9-19-15)25-12(3)21-14/h9-11,13H,6-8H2,1-5H3,(H,18,19,20)/t10?,11-,13?/m1/s1. The van der Waals surface area contributed by atoms with E-state index in [1.54, 1.807) is 17.7 Å². The average Bonchev–Trinajstić information content (AvgIpc) is 3.13. The maximum absolute atomic E-state index is 12.6. The Balaban J connectivity index is 1.63. The number of fused-ring (bicyclic) bond motifs is 1. The first-order chi connectivity index (χ1) is 11.9. The van der Waals surface area contributed by atoms with Gasteiger partial charge in [-0.1, -0.05) is 11.3 Å². The van der Waals surface area contributed by atoms with Crippen molar-refractivity contribution in [2.45, 2.75) is 39.3 Å². The first-order valence-electron chi connectivity index (χ1n) is 8.65. The number of hydrogen-bond donors (Lipinski definition) is 1. The van der Waals surface area contributed by atoms with Crippen molar-refractivity contribution in [2.75, 3.05) is 32.5 Å². The van der Waals surface area contributed by atoms with Crippen LogP contribution in [-0.2, 0) is 4.79 Å². The van der Waals surface area contributed by atoms with E-state index in [0.717, 1.165) is 40.7 Å². The molecule has 0 aromatic carbocycles. The first-order valence-corrected chi connectivity index (χ1v) is 9.47. The van der Waals surface area contributed by atoms with Crippen LogP contribution in [0, 0.1) is 12.8 Å². The number of likely N-dealkylation sites (tertiary alicyclic amines) is 1. The molecule has 7 nitrogen and oxygen atoms in total. The number of carbonyl (C=O) groups excluding carboxylic acids is 1. The minimum absolute atomic E-state index is 0.0892. The highest BCUT2D eigenvalue weighted by Gasteiger charge is 2.34. The van der Waals surface area contributed by atoms with Crippen LogP contribution in [0.4, 0.5) is 5.82 Å². The molecular formula is C17H26N6OS. The van der Waals surface area contributed by atoms with Crippen LogP contribution in [0.2, 0.25) is 0 Å². The van der Waals surface area contributed by atoms with Crippen LogP contribution in [0.25, 0.3) is 10.3 Å². The highest BCUT2D eigenvalue weighted by Crippen LogP contribution is 2.27. The van der Waals surface area contributed by atoms with Crippen molar-refractivity contribution < 1.29 is 4.79 Å². The van der Waals surface area contributed by atoms with E-state index in [-0.39, 0.29) is 18.0 Å². The lowest BCUT2D eigenvalue weighted by Crippen LogP contribution is -2.45. The summed E-state index contributed by atoms with van der Waals surface area (Å²) in [7, 11) is 3.89. The molecule has 2 unspecified atom stereocenters. The largest absolute Gasteiger partial charge is 0.368 e. The number of aromatic nitrogens is 3. The zero-order valence-corrected chi connectivity index (χ0v) is 16.3. The molecule has 0 saturated carbocycles. The van der Waals surface area contributed by atoms with E-state index in [4.69, 9.17) is 0 Å². The molecule has 1 amide bonds. The Labute approximate surface area is 152 Å². The number of nitrogens with one attached hydrogen (secondary N) is 1. The minimum Gasteiger partial charge on any atom is -0.368 e. The van der Waals surface area contributed by atoms with Crippen molar-refractivity contribution in [3.63, 3.8) is 0 Å². The minimum atomic E-state index is -0.0892. The molecule has 25 heavy (non-hydrogen) atoms. The van der Waals surface area contributed by atoms with Gasteiger partial charge < -0.3 is 10.2 Å². The summed E-state index contributed by atoms with van der Waals surface area (Å²) in [4.78, 5) is 30.6. The van der Waals surface area contributed by atoms with Crippen LogP contribution >= 0.6 is 11.3 Å². The molecule has 0 bridgehead atoms. The van der Waals surface area contributed by atoms with Crippen molar-refractivity contribution in [3.8, 4) is 0 Å².